The van der Waals surface area contributed by atoms with Gasteiger partial charge in [-0.3, -0.25) is 4.79 Å². The van der Waals surface area contributed by atoms with Crippen molar-refractivity contribution >= 4 is 40.9 Å². The maximum Gasteiger partial charge on any atom is 0.232 e. The summed E-state index contributed by atoms with van der Waals surface area (Å²) in [5.74, 6) is 1.65. The van der Waals surface area contributed by atoms with Gasteiger partial charge in [-0.15, -0.1) is 11.8 Å². The van der Waals surface area contributed by atoms with E-state index in [9.17, 15) is 4.79 Å². The number of thioether (sulfide) groups is 1. The maximum absolute atomic E-state index is 12.4. The van der Waals surface area contributed by atoms with Crippen molar-refractivity contribution < 1.29 is 14.3 Å². The molecule has 0 aliphatic rings. The van der Waals surface area contributed by atoms with E-state index < -0.39 is 0 Å². The second-order valence-electron chi connectivity index (χ2n) is 5.29. The number of halogens is 2. The van der Waals surface area contributed by atoms with Crippen LogP contribution in [-0.4, -0.2) is 37.8 Å². The lowest BCUT2D eigenvalue weighted by molar-refractivity contribution is -0.127. The molecule has 0 spiro atoms. The number of methoxy groups -OCH3 is 2. The number of benzene rings is 2. The van der Waals surface area contributed by atoms with E-state index in [0.717, 1.165) is 10.5 Å². The quantitative estimate of drug-likeness (QED) is 0.628. The topological polar surface area (TPSA) is 38.8 Å². The number of amides is 1. The van der Waals surface area contributed by atoms with E-state index in [1.54, 1.807) is 50.4 Å². The van der Waals surface area contributed by atoms with E-state index in [-0.39, 0.29) is 11.7 Å². The maximum atomic E-state index is 12.4. The summed E-state index contributed by atoms with van der Waals surface area (Å²) in [7, 11) is 4.95. The number of hydrogen-bond acceptors (Lipinski definition) is 4. The molecule has 0 aromatic heterocycles. The minimum absolute atomic E-state index is 0.0149. The van der Waals surface area contributed by atoms with Crippen LogP contribution in [0.2, 0.25) is 10.0 Å². The second kappa shape index (κ2) is 9.22. The first-order chi connectivity index (χ1) is 11.9. The third-order valence-electron chi connectivity index (χ3n) is 3.57. The molecule has 25 heavy (non-hydrogen) atoms. The zero-order valence-corrected chi connectivity index (χ0v) is 16.5. The molecule has 134 valence electrons. The van der Waals surface area contributed by atoms with E-state index in [1.807, 2.05) is 12.1 Å². The van der Waals surface area contributed by atoms with Gasteiger partial charge in [0.25, 0.3) is 0 Å². The Morgan fingerprint density at radius 2 is 1.88 bits per heavy atom. The molecule has 0 radical (unpaired) electrons. The minimum Gasteiger partial charge on any atom is -0.497 e. The van der Waals surface area contributed by atoms with Crippen LogP contribution in [0.5, 0.6) is 11.5 Å². The molecule has 0 bridgehead atoms. The molecule has 0 aliphatic heterocycles. The summed E-state index contributed by atoms with van der Waals surface area (Å²) in [6.07, 6.45) is 0. The number of rotatable bonds is 7. The van der Waals surface area contributed by atoms with E-state index >= 15 is 0 Å². The Hall–Kier alpha value is -1.56. The molecule has 0 N–H and O–H groups in total. The summed E-state index contributed by atoms with van der Waals surface area (Å²) in [5.41, 5.74) is 0.907. The third-order valence-corrected chi connectivity index (χ3v) is 5.29. The molecule has 0 saturated heterocycles. The first kappa shape index (κ1) is 19.8. The van der Waals surface area contributed by atoms with Crippen LogP contribution >= 0.6 is 35.0 Å². The van der Waals surface area contributed by atoms with Crippen LogP contribution in [0, 0.1) is 0 Å². The van der Waals surface area contributed by atoms with Crippen molar-refractivity contribution in [3.05, 3.63) is 52.0 Å². The zero-order chi connectivity index (χ0) is 18.4. The van der Waals surface area contributed by atoms with Gasteiger partial charge in [-0.25, -0.2) is 0 Å². The van der Waals surface area contributed by atoms with Gasteiger partial charge in [0.2, 0.25) is 5.91 Å². The summed E-state index contributed by atoms with van der Waals surface area (Å²) in [6, 6.07) is 10.7. The van der Waals surface area contributed by atoms with Gasteiger partial charge >= 0.3 is 0 Å². The van der Waals surface area contributed by atoms with E-state index in [2.05, 4.69) is 0 Å². The first-order valence-corrected chi connectivity index (χ1v) is 9.21. The number of nitrogens with zero attached hydrogens (tertiary/aromatic N) is 1. The summed E-state index contributed by atoms with van der Waals surface area (Å²) in [4.78, 5) is 14.8. The van der Waals surface area contributed by atoms with Crippen LogP contribution in [0.25, 0.3) is 0 Å². The van der Waals surface area contributed by atoms with Crippen molar-refractivity contribution in [2.24, 2.45) is 0 Å². The first-order valence-electron chi connectivity index (χ1n) is 7.47. The van der Waals surface area contributed by atoms with Crippen LogP contribution in [-0.2, 0) is 11.3 Å². The van der Waals surface area contributed by atoms with Crippen LogP contribution in [0.15, 0.2) is 41.3 Å². The Balaban J connectivity index is 1.99. The molecular weight excluding hydrogens is 381 g/mol. The highest BCUT2D eigenvalue weighted by Gasteiger charge is 2.14. The normalized spacial score (nSPS) is 10.4. The Bertz CT molecular complexity index is 755. The highest BCUT2D eigenvalue weighted by atomic mass is 35.5. The zero-order valence-electron chi connectivity index (χ0n) is 14.2. The van der Waals surface area contributed by atoms with Crippen molar-refractivity contribution in [1.82, 2.24) is 4.90 Å². The predicted molar refractivity (Wildman–Crippen MR) is 103 cm³/mol. The summed E-state index contributed by atoms with van der Waals surface area (Å²) >= 11 is 13.5. The third kappa shape index (κ3) is 5.46. The molecule has 0 saturated carbocycles. The van der Waals surface area contributed by atoms with Gasteiger partial charge in [0.05, 0.1) is 25.0 Å². The molecule has 0 fully saturated rings. The van der Waals surface area contributed by atoms with E-state index in [0.29, 0.717) is 28.1 Å². The molecule has 4 nitrogen and oxygen atoms in total. The molecule has 0 unspecified atom stereocenters. The van der Waals surface area contributed by atoms with Gasteiger partial charge in [0, 0.05) is 35.1 Å². The lowest BCUT2D eigenvalue weighted by atomic mass is 10.2. The Morgan fingerprint density at radius 3 is 2.56 bits per heavy atom. The number of carbonyl (C=O) groups is 1. The van der Waals surface area contributed by atoms with Crippen molar-refractivity contribution in [1.29, 1.82) is 0 Å². The number of hydrogen-bond donors (Lipinski definition) is 0. The Morgan fingerprint density at radius 1 is 1.12 bits per heavy atom. The predicted octanol–water partition coefficient (Wildman–Crippen LogP) is 4.76. The number of ether oxygens (including phenoxy) is 2. The van der Waals surface area contributed by atoms with Crippen molar-refractivity contribution in [3.63, 3.8) is 0 Å². The van der Waals surface area contributed by atoms with Crippen LogP contribution in [0.1, 0.15) is 5.56 Å². The van der Waals surface area contributed by atoms with Crippen LogP contribution < -0.4 is 9.47 Å². The summed E-state index contributed by atoms with van der Waals surface area (Å²) in [6.45, 7) is 0.440. The fourth-order valence-electron chi connectivity index (χ4n) is 2.16. The van der Waals surface area contributed by atoms with Gasteiger partial charge in [0.1, 0.15) is 11.5 Å². The van der Waals surface area contributed by atoms with Gasteiger partial charge < -0.3 is 14.4 Å². The smallest absolute Gasteiger partial charge is 0.232 e. The van der Waals surface area contributed by atoms with Gasteiger partial charge in [-0.2, -0.15) is 0 Å². The minimum atomic E-state index is -0.0149. The molecule has 0 atom stereocenters. The SMILES string of the molecule is COc1ccc(CN(C)C(=O)CSc2cc(Cl)ccc2Cl)c(OC)c1. The molecule has 2 rings (SSSR count). The fourth-order valence-corrected chi connectivity index (χ4v) is 3.60. The van der Waals surface area contributed by atoms with Crippen LogP contribution in [0.3, 0.4) is 0 Å². The summed E-state index contributed by atoms with van der Waals surface area (Å²) in [5, 5.41) is 1.18. The number of carbonyl (C=O) groups excluding carboxylic acids is 1. The van der Waals surface area contributed by atoms with Gasteiger partial charge in [-0.05, 0) is 30.3 Å². The Kier molecular flexibility index (Phi) is 7.29. The van der Waals surface area contributed by atoms with Crippen molar-refractivity contribution in [2.75, 3.05) is 27.0 Å². The molecule has 1 amide bonds. The lowest BCUT2D eigenvalue weighted by Crippen LogP contribution is -2.28. The largest absolute Gasteiger partial charge is 0.497 e. The fraction of sp³-hybridized carbons (Fsp3) is 0.278. The van der Waals surface area contributed by atoms with Gasteiger partial charge in [-0.1, -0.05) is 23.2 Å². The highest BCUT2D eigenvalue weighted by Crippen LogP contribution is 2.30. The Labute approximate surface area is 162 Å². The second-order valence-corrected chi connectivity index (χ2v) is 7.15. The molecule has 2 aromatic rings. The van der Waals surface area contributed by atoms with Crippen molar-refractivity contribution in [3.8, 4) is 11.5 Å². The molecule has 0 aliphatic carbocycles. The average molecular weight is 400 g/mol. The lowest BCUT2D eigenvalue weighted by Gasteiger charge is -2.19. The molecule has 2 aromatic carbocycles. The molecule has 7 heteroatoms. The van der Waals surface area contributed by atoms with E-state index in [4.69, 9.17) is 32.7 Å². The van der Waals surface area contributed by atoms with Gasteiger partial charge in [0.15, 0.2) is 0 Å². The summed E-state index contributed by atoms with van der Waals surface area (Å²) < 4.78 is 10.6. The molecule has 0 heterocycles. The highest BCUT2D eigenvalue weighted by molar-refractivity contribution is 8.00. The van der Waals surface area contributed by atoms with E-state index in [1.165, 1.54) is 11.8 Å². The monoisotopic (exact) mass is 399 g/mol. The van der Waals surface area contributed by atoms with Crippen LogP contribution in [0.4, 0.5) is 0 Å². The molecular formula is C18H19Cl2NO3S. The van der Waals surface area contributed by atoms with Crippen molar-refractivity contribution in [2.45, 2.75) is 11.4 Å². The standard InChI is InChI=1S/C18H19Cl2NO3S/c1-21(10-12-4-6-14(23-2)9-16(12)24-3)18(22)11-25-17-8-13(19)5-7-15(17)20/h4-9H,10-11H2,1-3H3. The average Bonchev–Trinajstić information content (AvgIpc) is 2.62.